The lowest BCUT2D eigenvalue weighted by atomic mass is 9.78. The number of nitrogens with zero attached hydrogens (tertiary/aromatic N) is 2. The molecule has 2 fully saturated rings. The predicted molar refractivity (Wildman–Crippen MR) is 94.3 cm³/mol. The smallest absolute Gasteiger partial charge is 0.250 e. The third-order valence-corrected chi connectivity index (χ3v) is 5.72. The van der Waals surface area contributed by atoms with Gasteiger partial charge in [0.15, 0.2) is 5.82 Å². The van der Waals surface area contributed by atoms with Crippen molar-refractivity contribution in [3.63, 3.8) is 0 Å². The van der Waals surface area contributed by atoms with Crippen molar-refractivity contribution >= 4 is 0 Å². The molecule has 0 bridgehead atoms. The highest BCUT2D eigenvalue weighted by Crippen LogP contribution is 2.42. The Morgan fingerprint density at radius 3 is 2.96 bits per heavy atom. The minimum atomic E-state index is -0.405. The van der Waals surface area contributed by atoms with Crippen LogP contribution < -0.4 is 4.74 Å². The second-order valence-corrected chi connectivity index (χ2v) is 7.23. The molecule has 0 N–H and O–H groups in total. The van der Waals surface area contributed by atoms with E-state index in [0.717, 1.165) is 51.9 Å². The van der Waals surface area contributed by atoms with Gasteiger partial charge in [-0.15, -0.1) is 0 Å². The molecule has 6 heteroatoms. The van der Waals surface area contributed by atoms with Gasteiger partial charge in [-0.05, 0) is 49.8 Å². The summed E-state index contributed by atoms with van der Waals surface area (Å²) >= 11 is 0. The van der Waals surface area contributed by atoms with Crippen molar-refractivity contribution in [2.24, 2.45) is 5.92 Å². The van der Waals surface area contributed by atoms with Crippen molar-refractivity contribution in [3.8, 4) is 5.88 Å². The Bertz CT molecular complexity index is 699. The zero-order valence-corrected chi connectivity index (χ0v) is 14.9. The first-order valence-corrected chi connectivity index (χ1v) is 9.36. The first-order valence-electron chi connectivity index (χ1n) is 9.36. The summed E-state index contributed by atoms with van der Waals surface area (Å²) in [7, 11) is 0. The molecule has 0 saturated carbocycles. The minimum Gasteiger partial charge on any atom is -0.476 e. The number of furan rings is 1. The maximum absolute atomic E-state index is 13.6. The second kappa shape index (κ2) is 7.76. The largest absolute Gasteiger partial charge is 0.476 e. The van der Waals surface area contributed by atoms with Crippen LogP contribution in [0, 0.1) is 11.7 Å². The number of piperidine rings is 1. The molecule has 140 valence electrons. The van der Waals surface area contributed by atoms with E-state index in [1.807, 2.05) is 12.3 Å². The Kier molecular flexibility index (Phi) is 5.22. The fourth-order valence-electron chi connectivity index (χ4n) is 4.25. The van der Waals surface area contributed by atoms with E-state index in [1.54, 1.807) is 18.5 Å². The monoisotopic (exact) mass is 360 g/mol. The Hall–Kier alpha value is -1.92. The van der Waals surface area contributed by atoms with Crippen LogP contribution in [-0.2, 0) is 11.3 Å². The van der Waals surface area contributed by atoms with Crippen LogP contribution in [0.4, 0.5) is 4.39 Å². The molecule has 2 saturated heterocycles. The molecule has 2 aromatic rings. The third-order valence-electron chi connectivity index (χ3n) is 5.72. The van der Waals surface area contributed by atoms with Gasteiger partial charge in [-0.2, -0.15) is 0 Å². The van der Waals surface area contributed by atoms with Crippen LogP contribution in [0.2, 0.25) is 0 Å². The van der Waals surface area contributed by atoms with Crippen LogP contribution in [-0.4, -0.2) is 41.8 Å². The highest BCUT2D eigenvalue weighted by molar-refractivity contribution is 5.12. The summed E-state index contributed by atoms with van der Waals surface area (Å²) in [6.07, 6.45) is 9.08. The molecule has 0 aromatic carbocycles. The molecule has 4 heterocycles. The summed E-state index contributed by atoms with van der Waals surface area (Å²) in [4.78, 5) is 6.40. The van der Waals surface area contributed by atoms with Gasteiger partial charge < -0.3 is 13.9 Å². The number of aromatic nitrogens is 1. The zero-order valence-electron chi connectivity index (χ0n) is 14.9. The molecule has 2 aliphatic rings. The Labute approximate surface area is 153 Å². The maximum Gasteiger partial charge on any atom is 0.250 e. The number of hydrogen-bond acceptors (Lipinski definition) is 5. The van der Waals surface area contributed by atoms with Gasteiger partial charge in [0.2, 0.25) is 5.88 Å². The van der Waals surface area contributed by atoms with Gasteiger partial charge in [0.25, 0.3) is 0 Å². The number of pyridine rings is 1. The average Bonchev–Trinajstić information content (AvgIpc) is 3.29. The normalized spacial score (nSPS) is 22.7. The highest BCUT2D eigenvalue weighted by Gasteiger charge is 2.45. The molecule has 0 amide bonds. The fraction of sp³-hybridized carbons (Fsp3) is 0.550. The lowest BCUT2D eigenvalue weighted by Gasteiger charge is -2.42. The highest BCUT2D eigenvalue weighted by atomic mass is 19.1. The van der Waals surface area contributed by atoms with Crippen LogP contribution in [0.1, 0.15) is 31.2 Å². The Balaban J connectivity index is 1.28. The standard InChI is InChI=1S/C20H25FN2O3/c21-18-2-1-8-22-19(18)25-12-4-17-5-13-26-20(17)6-9-23(10-7-20)14-16-3-11-24-15-16/h1-3,8,11,15,17H,4-7,9-10,12-14H2/t17-/m1/s1. The summed E-state index contributed by atoms with van der Waals surface area (Å²) in [6.45, 7) is 4.26. The SMILES string of the molecule is Fc1cccnc1OCC[C@@H]1CCOC12CCN(Cc1ccoc1)CC2. The molecule has 2 aliphatic heterocycles. The van der Waals surface area contributed by atoms with Crippen LogP contribution in [0.5, 0.6) is 5.88 Å². The van der Waals surface area contributed by atoms with Crippen molar-refractivity contribution in [2.75, 3.05) is 26.3 Å². The van der Waals surface area contributed by atoms with Gasteiger partial charge in [0.05, 0.1) is 24.7 Å². The Morgan fingerprint density at radius 1 is 1.31 bits per heavy atom. The number of likely N-dealkylation sites (tertiary alicyclic amines) is 1. The lowest BCUT2D eigenvalue weighted by molar-refractivity contribution is -0.0709. The van der Waals surface area contributed by atoms with Gasteiger partial charge in [-0.1, -0.05) is 0 Å². The molecule has 0 unspecified atom stereocenters. The minimum absolute atomic E-state index is 0.0427. The quantitative estimate of drug-likeness (QED) is 0.787. The summed E-state index contributed by atoms with van der Waals surface area (Å²) in [5.74, 6) is 0.151. The van der Waals surface area contributed by atoms with Crippen molar-refractivity contribution in [1.29, 1.82) is 0 Å². The number of halogens is 1. The first-order chi connectivity index (χ1) is 12.8. The molecule has 4 rings (SSSR count). The molecule has 0 radical (unpaired) electrons. The average molecular weight is 360 g/mol. The number of ether oxygens (including phenoxy) is 2. The molecule has 26 heavy (non-hydrogen) atoms. The zero-order chi connectivity index (χ0) is 17.8. The van der Waals surface area contributed by atoms with Crippen molar-refractivity contribution in [1.82, 2.24) is 9.88 Å². The van der Waals surface area contributed by atoms with Gasteiger partial charge in [-0.3, -0.25) is 4.90 Å². The number of hydrogen-bond donors (Lipinski definition) is 0. The fourth-order valence-corrected chi connectivity index (χ4v) is 4.25. The molecular weight excluding hydrogens is 335 g/mol. The molecule has 1 atom stereocenters. The van der Waals surface area contributed by atoms with E-state index in [4.69, 9.17) is 13.9 Å². The second-order valence-electron chi connectivity index (χ2n) is 7.23. The predicted octanol–water partition coefficient (Wildman–Crippen LogP) is 3.65. The molecule has 2 aromatic heterocycles. The van der Waals surface area contributed by atoms with E-state index in [-0.39, 0.29) is 11.5 Å². The van der Waals surface area contributed by atoms with E-state index in [2.05, 4.69) is 9.88 Å². The molecular formula is C20H25FN2O3. The van der Waals surface area contributed by atoms with Crippen molar-refractivity contribution in [2.45, 2.75) is 37.8 Å². The topological polar surface area (TPSA) is 47.7 Å². The van der Waals surface area contributed by atoms with E-state index >= 15 is 0 Å². The maximum atomic E-state index is 13.6. The lowest BCUT2D eigenvalue weighted by Crippen LogP contribution is -2.47. The number of rotatable bonds is 6. The Morgan fingerprint density at radius 2 is 2.19 bits per heavy atom. The van der Waals surface area contributed by atoms with E-state index in [9.17, 15) is 4.39 Å². The third kappa shape index (κ3) is 3.76. The summed E-state index contributed by atoms with van der Waals surface area (Å²) < 4.78 is 30.5. The van der Waals surface area contributed by atoms with Crippen LogP contribution in [0.15, 0.2) is 41.3 Å². The van der Waals surface area contributed by atoms with Crippen LogP contribution >= 0.6 is 0 Å². The first kappa shape index (κ1) is 17.5. The molecule has 5 nitrogen and oxygen atoms in total. The van der Waals surface area contributed by atoms with E-state index in [1.165, 1.54) is 11.6 Å². The van der Waals surface area contributed by atoms with Gasteiger partial charge >= 0.3 is 0 Å². The molecule has 0 aliphatic carbocycles. The van der Waals surface area contributed by atoms with Crippen LogP contribution in [0.3, 0.4) is 0 Å². The van der Waals surface area contributed by atoms with Crippen molar-refractivity contribution in [3.05, 3.63) is 48.3 Å². The molecule has 1 spiro atoms. The summed E-state index contributed by atoms with van der Waals surface area (Å²) in [5, 5.41) is 0. The summed E-state index contributed by atoms with van der Waals surface area (Å²) in [6, 6.07) is 4.96. The van der Waals surface area contributed by atoms with E-state index < -0.39 is 5.82 Å². The van der Waals surface area contributed by atoms with Gasteiger partial charge in [0.1, 0.15) is 0 Å². The van der Waals surface area contributed by atoms with Gasteiger partial charge in [-0.25, -0.2) is 9.37 Å². The van der Waals surface area contributed by atoms with Crippen molar-refractivity contribution < 1.29 is 18.3 Å². The summed E-state index contributed by atoms with van der Waals surface area (Å²) in [5.41, 5.74) is 1.18. The van der Waals surface area contributed by atoms with Crippen LogP contribution in [0.25, 0.3) is 0 Å². The van der Waals surface area contributed by atoms with E-state index in [0.29, 0.717) is 12.5 Å². The van der Waals surface area contributed by atoms with Gasteiger partial charge in [0, 0.05) is 38.0 Å².